The predicted octanol–water partition coefficient (Wildman–Crippen LogP) is 4.48. The molecule has 4 rings (SSSR count). The maximum atomic E-state index is 13.0. The molecule has 6 nitrogen and oxygen atoms in total. The molecule has 3 aromatic rings. The highest BCUT2D eigenvalue weighted by atomic mass is 79.9. The van der Waals surface area contributed by atoms with E-state index in [-0.39, 0.29) is 11.3 Å². The molecule has 1 aliphatic rings. The van der Waals surface area contributed by atoms with Crippen LogP contribution in [0, 0.1) is 0 Å². The van der Waals surface area contributed by atoms with Gasteiger partial charge in [-0.25, -0.2) is 4.98 Å². The van der Waals surface area contributed by atoms with Gasteiger partial charge in [0.05, 0.1) is 18.7 Å². The minimum Gasteiger partial charge on any atom is -0.507 e. The smallest absolute Gasteiger partial charge is 0.301 e. The summed E-state index contributed by atoms with van der Waals surface area (Å²) in [7, 11) is 1.56. The number of benzene rings is 2. The maximum absolute atomic E-state index is 13.0. The van der Waals surface area contributed by atoms with Crippen LogP contribution in [0.25, 0.3) is 5.76 Å². The number of nitrogens with zero attached hydrogens (tertiary/aromatic N) is 2. The normalized spacial score (nSPS) is 17.9. The summed E-state index contributed by atoms with van der Waals surface area (Å²) in [6.45, 7) is 0. The van der Waals surface area contributed by atoms with Gasteiger partial charge in [-0.05, 0) is 42.0 Å². The van der Waals surface area contributed by atoms with Crippen LogP contribution in [-0.4, -0.2) is 28.9 Å². The molecule has 1 aliphatic heterocycles. The second kappa shape index (κ2) is 8.12. The number of ketones is 1. The summed E-state index contributed by atoms with van der Waals surface area (Å²) in [6, 6.07) is 18.2. The monoisotopic (exact) mass is 464 g/mol. The fourth-order valence-electron chi connectivity index (χ4n) is 3.43. The Labute approximate surface area is 181 Å². The molecule has 0 saturated carbocycles. The molecule has 7 heteroatoms. The van der Waals surface area contributed by atoms with Crippen LogP contribution >= 0.6 is 15.9 Å². The molecule has 0 aliphatic carbocycles. The molecular formula is C23H17BrN2O4. The first kappa shape index (κ1) is 19.8. The number of Topliss-reactive ketones (excluding diaryl/α,β-unsaturated/α-hetero) is 1. The Morgan fingerprint density at radius 1 is 1.03 bits per heavy atom. The van der Waals surface area contributed by atoms with E-state index >= 15 is 0 Å². The first-order valence-electron chi connectivity index (χ1n) is 9.13. The van der Waals surface area contributed by atoms with E-state index in [0.29, 0.717) is 22.7 Å². The Hall–Kier alpha value is -3.45. The van der Waals surface area contributed by atoms with Crippen LogP contribution in [0.2, 0.25) is 0 Å². The van der Waals surface area contributed by atoms with Crippen molar-refractivity contribution in [1.29, 1.82) is 0 Å². The van der Waals surface area contributed by atoms with E-state index in [9.17, 15) is 14.7 Å². The van der Waals surface area contributed by atoms with Gasteiger partial charge in [-0.1, -0.05) is 46.3 Å². The average Bonchev–Trinajstić information content (AvgIpc) is 3.05. The first-order valence-corrected chi connectivity index (χ1v) is 9.92. The number of hydrogen-bond donors (Lipinski definition) is 1. The summed E-state index contributed by atoms with van der Waals surface area (Å²) in [5, 5.41) is 11.0. The van der Waals surface area contributed by atoms with E-state index in [1.807, 2.05) is 0 Å². The van der Waals surface area contributed by atoms with Crippen LogP contribution in [-0.2, 0) is 9.59 Å². The van der Waals surface area contributed by atoms with Gasteiger partial charge in [0.2, 0.25) is 0 Å². The molecule has 0 radical (unpaired) electrons. The molecule has 30 heavy (non-hydrogen) atoms. The number of aromatic nitrogens is 1. The zero-order chi connectivity index (χ0) is 21.3. The van der Waals surface area contributed by atoms with Crippen LogP contribution in [0.4, 0.5) is 5.82 Å². The topological polar surface area (TPSA) is 79.7 Å². The number of aliphatic hydroxyl groups is 1. The van der Waals surface area contributed by atoms with Crippen LogP contribution in [0.3, 0.4) is 0 Å². The van der Waals surface area contributed by atoms with E-state index in [2.05, 4.69) is 20.9 Å². The highest BCUT2D eigenvalue weighted by Crippen LogP contribution is 2.41. The van der Waals surface area contributed by atoms with Crippen molar-refractivity contribution in [2.24, 2.45) is 0 Å². The third-order valence-corrected chi connectivity index (χ3v) is 5.42. The molecule has 150 valence electrons. The van der Waals surface area contributed by atoms with Gasteiger partial charge < -0.3 is 9.84 Å². The molecular weight excluding hydrogens is 448 g/mol. The minimum atomic E-state index is -0.825. The summed E-state index contributed by atoms with van der Waals surface area (Å²) in [6.07, 6.45) is 1.55. The van der Waals surface area contributed by atoms with Crippen molar-refractivity contribution in [3.63, 3.8) is 0 Å². The van der Waals surface area contributed by atoms with Crippen molar-refractivity contribution in [3.05, 3.63) is 94.1 Å². The van der Waals surface area contributed by atoms with Crippen molar-refractivity contribution >= 4 is 39.2 Å². The number of amides is 1. The minimum absolute atomic E-state index is 0.0122. The fraction of sp³-hybridized carbons (Fsp3) is 0.0870. The van der Waals surface area contributed by atoms with E-state index in [4.69, 9.17) is 4.74 Å². The van der Waals surface area contributed by atoms with Crippen LogP contribution in [0.15, 0.2) is 83.0 Å². The summed E-state index contributed by atoms with van der Waals surface area (Å²) < 4.78 is 6.05. The number of rotatable bonds is 4. The number of methoxy groups -OCH3 is 1. The Bertz CT molecular complexity index is 1130. The Morgan fingerprint density at radius 2 is 1.73 bits per heavy atom. The van der Waals surface area contributed by atoms with Crippen molar-refractivity contribution in [2.75, 3.05) is 12.0 Å². The third-order valence-electron chi connectivity index (χ3n) is 4.89. The first-order chi connectivity index (χ1) is 14.5. The highest BCUT2D eigenvalue weighted by molar-refractivity contribution is 9.10. The van der Waals surface area contributed by atoms with E-state index in [1.165, 1.54) is 4.90 Å². The van der Waals surface area contributed by atoms with Crippen molar-refractivity contribution < 1.29 is 19.4 Å². The van der Waals surface area contributed by atoms with E-state index in [1.54, 1.807) is 80.0 Å². The van der Waals surface area contributed by atoms with E-state index in [0.717, 1.165) is 4.47 Å². The summed E-state index contributed by atoms with van der Waals surface area (Å²) in [5.41, 5.74) is 1.10. The summed E-state index contributed by atoms with van der Waals surface area (Å²) in [4.78, 5) is 31.5. The van der Waals surface area contributed by atoms with Gasteiger partial charge in [-0.2, -0.15) is 0 Å². The number of hydrogen-bond acceptors (Lipinski definition) is 5. The molecule has 1 atom stereocenters. The molecule has 1 fully saturated rings. The number of carbonyl (C=O) groups excluding carboxylic acids is 2. The van der Waals surface area contributed by atoms with Gasteiger partial charge in [0, 0.05) is 16.2 Å². The summed E-state index contributed by atoms with van der Waals surface area (Å²) in [5.74, 6) is -0.771. The molecule has 0 bridgehead atoms. The lowest BCUT2D eigenvalue weighted by Gasteiger charge is -2.24. The van der Waals surface area contributed by atoms with Crippen LogP contribution < -0.4 is 9.64 Å². The average molecular weight is 465 g/mol. The van der Waals surface area contributed by atoms with Gasteiger partial charge in [-0.3, -0.25) is 14.5 Å². The molecule has 2 heterocycles. The SMILES string of the molecule is COc1ccc([C@@H]2C(=C(O)c3ccc(Br)cc3)C(=O)C(=O)N2c2ccccn2)cc1. The second-order valence-electron chi connectivity index (χ2n) is 6.64. The van der Waals surface area contributed by atoms with Gasteiger partial charge in [0.1, 0.15) is 17.3 Å². The molecule has 1 N–H and O–H groups in total. The number of anilines is 1. The third kappa shape index (κ3) is 3.48. The molecule has 1 amide bonds. The second-order valence-corrected chi connectivity index (χ2v) is 7.55. The molecule has 2 aromatic carbocycles. The van der Waals surface area contributed by atoms with Crippen molar-refractivity contribution in [2.45, 2.75) is 6.04 Å². The Kier molecular flexibility index (Phi) is 5.37. The zero-order valence-electron chi connectivity index (χ0n) is 15.9. The van der Waals surface area contributed by atoms with Crippen molar-refractivity contribution in [1.82, 2.24) is 4.98 Å². The molecule has 0 spiro atoms. The Morgan fingerprint density at radius 3 is 2.33 bits per heavy atom. The van der Waals surface area contributed by atoms with Gasteiger partial charge >= 0.3 is 5.91 Å². The lowest BCUT2D eigenvalue weighted by molar-refractivity contribution is -0.132. The predicted molar refractivity (Wildman–Crippen MR) is 116 cm³/mol. The largest absolute Gasteiger partial charge is 0.507 e. The number of carbonyl (C=O) groups is 2. The number of pyridine rings is 1. The van der Waals surface area contributed by atoms with Gasteiger partial charge in [0.25, 0.3) is 5.78 Å². The quantitative estimate of drug-likeness (QED) is 0.349. The van der Waals surface area contributed by atoms with Crippen LogP contribution in [0.5, 0.6) is 5.75 Å². The van der Waals surface area contributed by atoms with E-state index < -0.39 is 17.7 Å². The number of ether oxygens (including phenoxy) is 1. The number of halogens is 1. The maximum Gasteiger partial charge on any atom is 0.301 e. The van der Waals surface area contributed by atoms with Crippen LogP contribution in [0.1, 0.15) is 17.2 Å². The molecule has 1 saturated heterocycles. The van der Waals surface area contributed by atoms with Gasteiger partial charge in [-0.15, -0.1) is 0 Å². The van der Waals surface area contributed by atoms with Crippen molar-refractivity contribution in [3.8, 4) is 5.75 Å². The number of aliphatic hydroxyl groups excluding tert-OH is 1. The van der Waals surface area contributed by atoms with Gasteiger partial charge in [0.15, 0.2) is 0 Å². The Balaban J connectivity index is 1.92. The summed E-state index contributed by atoms with van der Waals surface area (Å²) >= 11 is 3.35. The molecule has 0 unspecified atom stereocenters. The molecule has 1 aromatic heterocycles. The standard InChI is InChI=1S/C23H17BrN2O4/c1-30-17-11-7-14(8-12-17)20-19(21(27)15-5-9-16(24)10-6-15)22(28)23(29)26(20)18-4-2-3-13-25-18/h2-13,20,27H,1H3/t20-/m1/s1. The zero-order valence-corrected chi connectivity index (χ0v) is 17.5. The lowest BCUT2D eigenvalue weighted by atomic mass is 9.95. The lowest BCUT2D eigenvalue weighted by Crippen LogP contribution is -2.30. The highest BCUT2D eigenvalue weighted by Gasteiger charge is 2.47. The fourth-order valence-corrected chi connectivity index (χ4v) is 3.69.